The Bertz CT molecular complexity index is 9540. The van der Waals surface area contributed by atoms with Gasteiger partial charge in [0.25, 0.3) is 0 Å². The summed E-state index contributed by atoms with van der Waals surface area (Å²) in [6.45, 7) is 0. The van der Waals surface area contributed by atoms with Crippen LogP contribution < -0.4 is 0 Å². The standard InChI is InChI=1S/C34H20N2S.2C34H22N2S.C28H18N2S/c1-2-10-21(11-3-1)31-33-32(28-16-8-9-17-30(28)37-33)36-34(35-31)22-18-19-27-25-14-5-4-12-23(25)24-13-6-7-15-26(24)29(27)20-22;1-3-11-23(12-4-1)25-15-9-17-27(21-25)31-33-32(29-19-7-8-20-30(29)37-33)36-34(35-31)28-18-10-16-26(22-28)24-13-5-2-6-14-24;1-3-9-23(10-4-1)25-15-19-27(20-16-25)31-33-32(29-13-7-8-14-30(29)37-33)36-34(35-31)28-21-17-26(18-22-28)24-11-5-2-6-12-24;1-3-10-19(11-4-1)21-14-9-15-22(18-21)25-27-26(23-16-7-8-17-24(23)31-27)30-28(29-25)20-12-5-2-6-13-20/h1-20H;2*1-22H;1-18H. The number of hydrogen-bond donors (Lipinski definition) is 0. The van der Waals surface area contributed by atoms with Crippen LogP contribution in [0.15, 0.2) is 497 Å². The number of rotatable bonds is 13. The van der Waals surface area contributed by atoms with Crippen molar-refractivity contribution in [3.8, 4) is 146 Å². The summed E-state index contributed by atoms with van der Waals surface area (Å²) in [5.74, 6) is 3.01. The van der Waals surface area contributed by atoms with Gasteiger partial charge in [-0.2, -0.15) is 0 Å². The molecule has 8 aromatic heterocycles. The first-order chi connectivity index (χ1) is 70.4. The van der Waals surface area contributed by atoms with Crippen LogP contribution in [0.1, 0.15) is 0 Å². The molecule has 0 bridgehead atoms. The highest BCUT2D eigenvalue weighted by Crippen LogP contribution is 2.48. The molecule has 0 fully saturated rings. The van der Waals surface area contributed by atoms with Gasteiger partial charge < -0.3 is 0 Å². The molecule has 0 spiro atoms. The fourth-order valence-corrected chi connectivity index (χ4v) is 23.8. The molecule has 28 rings (SSSR count). The van der Waals surface area contributed by atoms with Gasteiger partial charge in [0.1, 0.15) is 0 Å². The van der Waals surface area contributed by atoms with E-state index < -0.39 is 0 Å². The van der Waals surface area contributed by atoms with Crippen LogP contribution in [0.5, 0.6) is 0 Å². The van der Waals surface area contributed by atoms with Crippen molar-refractivity contribution in [2.75, 3.05) is 0 Å². The van der Waals surface area contributed by atoms with E-state index in [-0.39, 0.29) is 0 Å². The summed E-state index contributed by atoms with van der Waals surface area (Å²) in [6, 6.07) is 174. The Labute approximate surface area is 835 Å². The molecular formula is C130H82N8S4. The first kappa shape index (κ1) is 86.0. The second-order valence-corrected chi connectivity index (χ2v) is 39.2. The lowest BCUT2D eigenvalue weighted by Gasteiger charge is -2.12. The Morgan fingerprint density at radius 1 is 0.113 bits per heavy atom. The van der Waals surface area contributed by atoms with Gasteiger partial charge in [0, 0.05) is 84.9 Å². The molecule has 0 radical (unpaired) electrons. The third-order valence-electron chi connectivity index (χ3n) is 26.2. The molecule has 8 nitrogen and oxygen atoms in total. The maximum absolute atomic E-state index is 5.21. The maximum atomic E-state index is 5.21. The first-order valence-corrected chi connectivity index (χ1v) is 50.7. The van der Waals surface area contributed by atoms with Crippen LogP contribution in [-0.4, -0.2) is 39.9 Å². The molecule has 0 aliphatic carbocycles. The Hall–Kier alpha value is -17.6. The van der Waals surface area contributed by atoms with Crippen molar-refractivity contribution >= 4 is 159 Å². The topological polar surface area (TPSA) is 103 Å². The van der Waals surface area contributed by atoms with Gasteiger partial charge in [0.15, 0.2) is 23.3 Å². The van der Waals surface area contributed by atoms with Crippen molar-refractivity contribution in [1.82, 2.24) is 39.9 Å². The third-order valence-corrected chi connectivity index (χ3v) is 30.9. The zero-order valence-corrected chi connectivity index (χ0v) is 79.8. The van der Waals surface area contributed by atoms with E-state index in [0.29, 0.717) is 0 Å². The predicted octanol–water partition coefficient (Wildman–Crippen LogP) is 36.5. The quantitative estimate of drug-likeness (QED) is 0.105. The van der Waals surface area contributed by atoms with Crippen molar-refractivity contribution < 1.29 is 0 Å². The van der Waals surface area contributed by atoms with E-state index in [4.69, 9.17) is 39.9 Å². The molecule has 0 unspecified atom stereocenters. The molecule has 0 amide bonds. The second-order valence-electron chi connectivity index (χ2n) is 35.0. The largest absolute Gasteiger partial charge is 0.226 e. The summed E-state index contributed by atoms with van der Waals surface area (Å²) in [5, 5.41) is 12.3. The zero-order valence-electron chi connectivity index (χ0n) is 76.6. The van der Waals surface area contributed by atoms with E-state index in [1.54, 1.807) is 45.3 Å². The van der Waals surface area contributed by atoms with Gasteiger partial charge in [0.05, 0.1) is 63.6 Å². The van der Waals surface area contributed by atoms with E-state index in [9.17, 15) is 0 Å². The Morgan fingerprint density at radius 3 is 0.641 bits per heavy atom. The van der Waals surface area contributed by atoms with E-state index >= 15 is 0 Å². The minimum Gasteiger partial charge on any atom is -0.226 e. The lowest BCUT2D eigenvalue weighted by Crippen LogP contribution is -1.94. The van der Waals surface area contributed by atoms with Gasteiger partial charge >= 0.3 is 0 Å². The van der Waals surface area contributed by atoms with E-state index in [0.717, 1.165) is 137 Å². The van der Waals surface area contributed by atoms with E-state index in [1.165, 1.54) is 123 Å². The molecule has 0 atom stereocenters. The highest BCUT2D eigenvalue weighted by molar-refractivity contribution is 7.27. The highest BCUT2D eigenvalue weighted by Gasteiger charge is 2.24. The number of benzene rings is 20. The molecule has 20 aromatic carbocycles. The molecule has 12 heteroatoms. The minimum atomic E-state index is 0.744. The summed E-state index contributed by atoms with van der Waals surface area (Å²) in [6.07, 6.45) is 0. The normalized spacial score (nSPS) is 11.4. The molecule has 0 saturated carbocycles. The fourth-order valence-electron chi connectivity index (χ4n) is 19.2. The number of thiophene rings is 4. The average molecular weight is 1880 g/mol. The van der Waals surface area contributed by atoms with Crippen LogP contribution >= 0.6 is 45.3 Å². The van der Waals surface area contributed by atoms with E-state index in [1.807, 2.05) is 54.6 Å². The maximum Gasteiger partial charge on any atom is 0.160 e. The van der Waals surface area contributed by atoms with Crippen molar-refractivity contribution in [2.24, 2.45) is 0 Å². The number of hydrogen-bond acceptors (Lipinski definition) is 12. The highest BCUT2D eigenvalue weighted by atomic mass is 32.1. The van der Waals surface area contributed by atoms with E-state index in [2.05, 4.69) is 443 Å². The van der Waals surface area contributed by atoms with Crippen molar-refractivity contribution in [2.45, 2.75) is 0 Å². The third kappa shape index (κ3) is 16.8. The van der Waals surface area contributed by atoms with Crippen LogP contribution in [0, 0.1) is 0 Å². The number of aromatic nitrogens is 8. The summed E-state index contributed by atoms with van der Waals surface area (Å²) >= 11 is 7.06. The van der Waals surface area contributed by atoms with Crippen molar-refractivity contribution in [3.63, 3.8) is 0 Å². The molecule has 142 heavy (non-hydrogen) atoms. The molecule has 0 aliphatic heterocycles. The van der Waals surface area contributed by atoms with Crippen LogP contribution in [0.25, 0.3) is 260 Å². The molecule has 8 heterocycles. The second kappa shape index (κ2) is 38.0. The van der Waals surface area contributed by atoms with Crippen LogP contribution in [0.2, 0.25) is 0 Å². The smallest absolute Gasteiger partial charge is 0.160 e. The molecular weight excluding hydrogens is 1800 g/mol. The van der Waals surface area contributed by atoms with Crippen molar-refractivity contribution in [1.29, 1.82) is 0 Å². The fraction of sp³-hybridized carbons (Fsp3) is 0. The van der Waals surface area contributed by atoms with Crippen molar-refractivity contribution in [3.05, 3.63) is 497 Å². The van der Waals surface area contributed by atoms with Gasteiger partial charge in [-0.1, -0.05) is 449 Å². The SMILES string of the molecule is c1ccc(-c2ccc(-c3nc(-c4ccc(-c5ccccc5)cc4)c4sc5ccccc5c4n3)cc2)cc1.c1ccc(-c2cccc(-c3nc(-c4cccc(-c5ccccc5)c4)c4sc5ccccc5c4n3)c2)cc1.c1ccc(-c2cccc(-c3nc(-c4ccccc4)nc4c3sc3ccccc34)c2)cc1.c1ccc(-c2nc(-c3ccc4c5ccccc5c5ccccc5c4c3)nc3c2sc2ccccc23)cc1. The molecule has 0 saturated heterocycles. The van der Waals surface area contributed by atoms with Crippen LogP contribution in [-0.2, 0) is 0 Å². The van der Waals surface area contributed by atoms with Gasteiger partial charge in [-0.25, -0.2) is 39.9 Å². The van der Waals surface area contributed by atoms with Crippen LogP contribution in [0.4, 0.5) is 0 Å². The zero-order chi connectivity index (χ0) is 94.2. The number of nitrogens with zero attached hydrogens (tertiary/aromatic N) is 8. The lowest BCUT2D eigenvalue weighted by molar-refractivity contribution is 1.24. The van der Waals surface area contributed by atoms with Gasteiger partial charge in [-0.15, -0.1) is 45.3 Å². The monoisotopic (exact) mass is 1880 g/mol. The summed E-state index contributed by atoms with van der Waals surface area (Å²) in [5.41, 5.74) is 28.4. The first-order valence-electron chi connectivity index (χ1n) is 47.4. The van der Waals surface area contributed by atoms with Gasteiger partial charge in [0.2, 0.25) is 0 Å². The summed E-state index contributed by atoms with van der Waals surface area (Å²) in [7, 11) is 0. The molecule has 0 N–H and O–H groups in total. The Balaban J connectivity index is 0.0000000998. The molecule has 28 aromatic rings. The lowest BCUT2D eigenvalue weighted by atomic mass is 9.93. The van der Waals surface area contributed by atoms with Crippen LogP contribution in [0.3, 0.4) is 0 Å². The summed E-state index contributed by atoms with van der Waals surface area (Å²) in [4.78, 5) is 41.0. The molecule has 666 valence electrons. The Morgan fingerprint density at radius 2 is 0.303 bits per heavy atom. The minimum absolute atomic E-state index is 0.744. The number of fused-ring (bicyclic) bond motifs is 18. The Kier molecular flexibility index (Phi) is 23.0. The van der Waals surface area contributed by atoms with Gasteiger partial charge in [-0.05, 0) is 136 Å². The predicted molar refractivity (Wildman–Crippen MR) is 603 cm³/mol. The summed E-state index contributed by atoms with van der Waals surface area (Å²) < 4.78 is 9.43. The average Bonchev–Trinajstić information content (AvgIpc) is 1.54. The van der Waals surface area contributed by atoms with Gasteiger partial charge in [-0.3, -0.25) is 0 Å². The molecule has 0 aliphatic rings.